The predicted octanol–water partition coefficient (Wildman–Crippen LogP) is 0.680. The number of tetrazole rings is 1. The number of carboxylic acid groups (broad SMARTS) is 1. The Morgan fingerprint density at radius 3 is 2.44 bits per heavy atom. The van der Waals surface area contributed by atoms with Gasteiger partial charge in [0, 0.05) is 17.5 Å². The van der Waals surface area contributed by atoms with Gasteiger partial charge in [0.1, 0.15) is 19.1 Å². The van der Waals surface area contributed by atoms with Crippen molar-refractivity contribution >= 4 is 29.4 Å². The average molecular weight is 561 g/mol. The molecule has 1 atom stereocenters. The zero-order valence-electron chi connectivity index (χ0n) is 23.3. The van der Waals surface area contributed by atoms with Crippen LogP contribution in [0, 0.1) is 0 Å². The van der Waals surface area contributed by atoms with Gasteiger partial charge in [-0.3, -0.25) is 4.79 Å². The van der Waals surface area contributed by atoms with Crippen LogP contribution in [0.1, 0.15) is 46.5 Å². The van der Waals surface area contributed by atoms with E-state index in [2.05, 4.69) is 25.6 Å². The fraction of sp³-hybridized carbons (Fsp3) is 0.333. The molecule has 1 aliphatic heterocycles. The molecule has 12 heteroatoms. The molecule has 0 amide bonds. The number of aromatic amines is 1. The molecule has 10 nitrogen and oxygen atoms in total. The summed E-state index contributed by atoms with van der Waals surface area (Å²) in [4.78, 5) is 29.1. The molecule has 1 N–H and O–H groups in total. The number of aliphatic carboxylic acids is 1. The van der Waals surface area contributed by atoms with Crippen molar-refractivity contribution in [2.45, 2.75) is 46.1 Å². The monoisotopic (exact) mass is 560 g/mol. The summed E-state index contributed by atoms with van der Waals surface area (Å²) in [5, 5.41) is 26.6. The van der Waals surface area contributed by atoms with Crippen LogP contribution in [-0.4, -0.2) is 56.0 Å². The summed E-state index contributed by atoms with van der Waals surface area (Å²) in [6.07, 6.45) is 2.25. The van der Waals surface area contributed by atoms with Crippen molar-refractivity contribution in [1.29, 1.82) is 0 Å². The number of aliphatic imine (C=N–C) groups is 1. The summed E-state index contributed by atoms with van der Waals surface area (Å²) in [6, 6.07) is 15.5. The number of unbranched alkanes of at least 4 members (excludes halogenated alkanes) is 1. The second kappa shape index (κ2) is 14.0. The number of halogens is 1. The number of H-pyrrole nitrogens is 1. The summed E-state index contributed by atoms with van der Waals surface area (Å²) in [5.74, 6) is -0.721. The van der Waals surface area contributed by atoms with E-state index in [1.807, 2.05) is 55.5 Å². The molecule has 0 fully saturated rings. The van der Waals surface area contributed by atoms with Crippen LogP contribution in [0.4, 0.5) is 0 Å². The normalized spacial score (nSPS) is 16.5. The topological polar surface area (TPSA) is 133 Å². The minimum absolute atomic E-state index is 0. The second-order valence-corrected chi connectivity index (χ2v) is 9.30. The minimum atomic E-state index is -1.40. The Bertz CT molecular complexity index is 1370. The summed E-state index contributed by atoms with van der Waals surface area (Å²) < 4.78 is 4.94. The van der Waals surface area contributed by atoms with Gasteiger partial charge in [-0.25, -0.2) is 4.48 Å². The van der Waals surface area contributed by atoms with E-state index in [0.717, 1.165) is 35.1 Å². The number of ether oxygens (including phenoxy) is 1. The number of quaternary nitrogens is 1. The molecular formula is C27H30ClN6NaO4. The number of benzene rings is 2. The van der Waals surface area contributed by atoms with E-state index in [9.17, 15) is 14.7 Å². The number of aromatic nitrogens is 4. The third-order valence-electron chi connectivity index (χ3n) is 6.53. The Balaban J connectivity index is 0.00000280. The fourth-order valence-corrected chi connectivity index (χ4v) is 5.08. The number of nitrogens with one attached hydrogen (secondary N) is 1. The number of carbonyl (C=O) groups excluding carboxylic acids is 2. The van der Waals surface area contributed by atoms with Crippen molar-refractivity contribution in [2.24, 2.45) is 4.99 Å². The van der Waals surface area contributed by atoms with Gasteiger partial charge in [-0.1, -0.05) is 73.5 Å². The van der Waals surface area contributed by atoms with Crippen molar-refractivity contribution in [3.05, 3.63) is 64.9 Å². The molecule has 39 heavy (non-hydrogen) atoms. The van der Waals surface area contributed by atoms with E-state index < -0.39 is 11.9 Å². The van der Waals surface area contributed by atoms with Crippen LogP contribution < -0.4 is 34.7 Å². The number of nitrogens with zero attached hydrogens (tertiary/aromatic N) is 5. The van der Waals surface area contributed by atoms with Crippen molar-refractivity contribution in [2.75, 3.05) is 13.2 Å². The van der Waals surface area contributed by atoms with Gasteiger partial charge in [0.2, 0.25) is 11.7 Å². The van der Waals surface area contributed by atoms with E-state index in [-0.39, 0.29) is 72.4 Å². The van der Waals surface area contributed by atoms with Crippen LogP contribution >= 0.6 is 11.6 Å². The van der Waals surface area contributed by atoms with Gasteiger partial charge in [0.25, 0.3) is 0 Å². The predicted molar refractivity (Wildman–Crippen MR) is 141 cm³/mol. The standard InChI is InChI=1S/C27H29ClN6O4.Na.H/c1-3-5-10-22-29-25(28)24(27(36)37)34(22,16-15-23(35)38-4-2)17-18-11-13-19(14-12-18)20-8-6-7-9-21(20)26-30-32-33-31-26;;/h6-9,11-14H,3-5,10,15-17H2,1-2H3,(H-,30,31,32,33,36,37);;/q;+1;-1. The molecule has 2 heterocycles. The maximum absolute atomic E-state index is 12.3. The fourth-order valence-electron chi connectivity index (χ4n) is 4.74. The molecule has 0 aliphatic carbocycles. The largest absolute Gasteiger partial charge is 1.00 e. The Morgan fingerprint density at radius 1 is 1.10 bits per heavy atom. The zero-order valence-corrected chi connectivity index (χ0v) is 25.1. The summed E-state index contributed by atoms with van der Waals surface area (Å²) >= 11 is 6.37. The number of carboxylic acids is 1. The van der Waals surface area contributed by atoms with Gasteiger partial charge >= 0.3 is 35.5 Å². The summed E-state index contributed by atoms with van der Waals surface area (Å²) in [6.45, 7) is 4.40. The average Bonchev–Trinajstić information content (AvgIpc) is 3.53. The van der Waals surface area contributed by atoms with Crippen LogP contribution in [0.3, 0.4) is 0 Å². The SMILES string of the molecule is CCCCC1=NC(Cl)=C(C(=O)[O-])[N+]1(CCC(=O)OCC)Cc1ccc(-c2ccccc2-c2nn[nH]n2)cc1.[H-].[Na+]. The molecule has 0 saturated heterocycles. The second-order valence-electron chi connectivity index (χ2n) is 8.94. The third-order valence-corrected chi connectivity index (χ3v) is 6.79. The molecule has 0 radical (unpaired) electrons. The van der Waals surface area contributed by atoms with E-state index >= 15 is 0 Å². The third kappa shape index (κ3) is 6.82. The first-order valence-corrected chi connectivity index (χ1v) is 12.9. The Hall–Kier alpha value is -2.89. The first-order valence-electron chi connectivity index (χ1n) is 12.5. The van der Waals surface area contributed by atoms with E-state index in [4.69, 9.17) is 16.3 Å². The maximum atomic E-state index is 12.3. The zero-order chi connectivity index (χ0) is 27.1. The Kier molecular flexibility index (Phi) is 11.0. The van der Waals surface area contributed by atoms with E-state index in [0.29, 0.717) is 18.1 Å². The number of carbonyl (C=O) groups is 2. The van der Waals surface area contributed by atoms with Crippen molar-refractivity contribution in [3.8, 4) is 22.5 Å². The van der Waals surface area contributed by atoms with Crippen LogP contribution in [0.2, 0.25) is 0 Å². The molecule has 0 bridgehead atoms. The molecule has 1 aromatic heterocycles. The molecule has 3 aromatic rings. The molecule has 1 unspecified atom stereocenters. The molecular weight excluding hydrogens is 531 g/mol. The first-order chi connectivity index (χ1) is 18.4. The number of rotatable bonds is 12. The smallest absolute Gasteiger partial charge is 1.00 e. The summed E-state index contributed by atoms with van der Waals surface area (Å²) in [7, 11) is 0. The van der Waals surface area contributed by atoms with Gasteiger partial charge in [0.05, 0.1) is 13.0 Å². The maximum Gasteiger partial charge on any atom is 1.00 e. The number of hydrogen-bond acceptors (Lipinski definition) is 8. The quantitative estimate of drug-likeness (QED) is 0.149. The first kappa shape index (κ1) is 30.6. The van der Waals surface area contributed by atoms with E-state index in [1.54, 1.807) is 6.92 Å². The van der Waals surface area contributed by atoms with Gasteiger partial charge < -0.3 is 16.1 Å². The van der Waals surface area contributed by atoms with Crippen LogP contribution in [0.5, 0.6) is 0 Å². The van der Waals surface area contributed by atoms with Gasteiger partial charge in [-0.05, 0) is 29.7 Å². The van der Waals surface area contributed by atoms with Gasteiger partial charge in [0.15, 0.2) is 10.9 Å². The molecule has 4 rings (SSSR count). The minimum Gasteiger partial charge on any atom is -1.00 e. The number of esters is 1. The van der Waals surface area contributed by atoms with Crippen LogP contribution in [0.25, 0.3) is 22.5 Å². The van der Waals surface area contributed by atoms with Crippen LogP contribution in [0.15, 0.2) is 64.4 Å². The Labute approximate surface area is 255 Å². The molecule has 200 valence electrons. The number of hydrogen-bond donors (Lipinski definition) is 1. The Morgan fingerprint density at radius 2 is 1.82 bits per heavy atom. The molecule has 0 saturated carbocycles. The molecule has 2 aromatic carbocycles. The van der Waals surface area contributed by atoms with Crippen molar-refractivity contribution in [3.63, 3.8) is 0 Å². The van der Waals surface area contributed by atoms with Crippen molar-refractivity contribution < 1.29 is 54.9 Å². The molecule has 0 spiro atoms. The summed E-state index contributed by atoms with van der Waals surface area (Å²) in [5.41, 5.74) is 3.41. The van der Waals surface area contributed by atoms with Gasteiger partial charge in [-0.15, -0.1) is 10.2 Å². The van der Waals surface area contributed by atoms with E-state index in [1.165, 1.54) is 0 Å². The van der Waals surface area contributed by atoms with Crippen molar-refractivity contribution in [1.82, 2.24) is 20.6 Å². The van der Waals surface area contributed by atoms with Crippen LogP contribution in [-0.2, 0) is 20.9 Å². The number of amidine groups is 1. The molecule has 1 aliphatic rings. The van der Waals surface area contributed by atoms with Gasteiger partial charge in [-0.2, -0.15) is 10.2 Å².